The molecule has 0 fully saturated rings. The van der Waals surface area contributed by atoms with Crippen LogP contribution >= 0.6 is 0 Å². The molecule has 1 aromatic carbocycles. The second kappa shape index (κ2) is 5.02. The molecular weight excluding hydrogens is 250 g/mol. The molecule has 0 aliphatic rings. The van der Waals surface area contributed by atoms with E-state index in [1.807, 2.05) is 30.5 Å². The molecule has 1 heterocycles. The molecule has 0 bridgehead atoms. The Labute approximate surface area is 107 Å². The summed E-state index contributed by atoms with van der Waals surface area (Å²) < 4.78 is 28.7. The van der Waals surface area contributed by atoms with Crippen LogP contribution in [0.25, 0.3) is 10.9 Å². The molecule has 0 aliphatic carbocycles. The third-order valence-electron chi connectivity index (χ3n) is 2.88. The van der Waals surface area contributed by atoms with Crippen LogP contribution in [0.15, 0.2) is 30.5 Å². The lowest BCUT2D eigenvalue weighted by molar-refractivity contribution is 0.341. The Morgan fingerprint density at radius 2 is 2.06 bits per heavy atom. The smallest absolute Gasteiger partial charge is 0.155 e. The average molecular weight is 267 g/mol. The van der Waals surface area contributed by atoms with Crippen molar-refractivity contribution in [2.75, 3.05) is 12.4 Å². The first-order valence-electron chi connectivity index (χ1n) is 5.90. The van der Waals surface area contributed by atoms with Crippen LogP contribution in [0.4, 0.5) is 0 Å². The van der Waals surface area contributed by atoms with Crippen LogP contribution in [-0.4, -0.2) is 31.0 Å². The Bertz CT molecular complexity index is 628. The van der Waals surface area contributed by atoms with Crippen LogP contribution in [-0.2, 0) is 9.84 Å². The van der Waals surface area contributed by atoms with Gasteiger partial charge in [0.25, 0.3) is 0 Å². The zero-order valence-electron chi connectivity index (χ0n) is 10.5. The lowest BCUT2D eigenvalue weighted by atomic mass is 10.2. The van der Waals surface area contributed by atoms with E-state index in [-0.39, 0.29) is 17.6 Å². The first-order chi connectivity index (χ1) is 8.49. The molecule has 1 N–H and O–H groups in total. The molecule has 5 heteroatoms. The van der Waals surface area contributed by atoms with Crippen LogP contribution in [0.2, 0.25) is 0 Å². The summed E-state index contributed by atoms with van der Waals surface area (Å²) in [6.07, 6.45) is 1.86. The average Bonchev–Trinajstić information content (AvgIpc) is 2.75. The Morgan fingerprint density at radius 3 is 2.78 bits per heavy atom. The van der Waals surface area contributed by atoms with Crippen LogP contribution in [0.5, 0.6) is 5.75 Å². The molecular formula is C13H17NO3S. The summed E-state index contributed by atoms with van der Waals surface area (Å²) in [5.74, 6) is 0.747. The van der Waals surface area contributed by atoms with Crippen molar-refractivity contribution in [1.29, 1.82) is 0 Å². The lowest BCUT2D eigenvalue weighted by Crippen LogP contribution is -2.21. The maximum Gasteiger partial charge on any atom is 0.155 e. The van der Waals surface area contributed by atoms with Crippen LogP contribution in [0.1, 0.15) is 13.8 Å². The fourth-order valence-electron chi connectivity index (χ4n) is 1.63. The minimum absolute atomic E-state index is 0.0514. The Balaban J connectivity index is 1.98. The SMILES string of the molecule is CC(C)S(=O)(=O)CCOc1ccc2[nH]ccc2c1. The van der Waals surface area contributed by atoms with Crippen molar-refractivity contribution >= 4 is 20.7 Å². The van der Waals surface area contributed by atoms with Crippen molar-refractivity contribution in [1.82, 2.24) is 4.98 Å². The maximum atomic E-state index is 11.6. The van der Waals surface area contributed by atoms with Gasteiger partial charge in [0.05, 0.1) is 11.0 Å². The Kier molecular flexibility index (Phi) is 3.61. The maximum absolute atomic E-state index is 11.6. The van der Waals surface area contributed by atoms with E-state index in [2.05, 4.69) is 4.98 Å². The number of aromatic nitrogens is 1. The van der Waals surface area contributed by atoms with Gasteiger partial charge in [0, 0.05) is 17.1 Å². The minimum atomic E-state index is -3.03. The Hall–Kier alpha value is -1.49. The predicted octanol–water partition coefficient (Wildman–Crippen LogP) is 2.37. The van der Waals surface area contributed by atoms with Crippen molar-refractivity contribution in [3.8, 4) is 5.75 Å². The van der Waals surface area contributed by atoms with Gasteiger partial charge in [0.1, 0.15) is 12.4 Å². The zero-order chi connectivity index (χ0) is 13.2. The second-order valence-electron chi connectivity index (χ2n) is 4.49. The highest BCUT2D eigenvalue weighted by atomic mass is 32.2. The summed E-state index contributed by atoms with van der Waals surface area (Å²) in [7, 11) is -3.03. The van der Waals surface area contributed by atoms with Gasteiger partial charge in [0.2, 0.25) is 0 Å². The van der Waals surface area contributed by atoms with Gasteiger partial charge in [0.15, 0.2) is 9.84 Å². The fraction of sp³-hybridized carbons (Fsp3) is 0.385. The number of sulfone groups is 1. The van der Waals surface area contributed by atoms with Gasteiger partial charge in [-0.05, 0) is 38.1 Å². The third-order valence-corrected chi connectivity index (χ3v) is 5.05. The van der Waals surface area contributed by atoms with E-state index in [4.69, 9.17) is 4.74 Å². The molecule has 18 heavy (non-hydrogen) atoms. The molecule has 0 spiro atoms. The number of aromatic amines is 1. The predicted molar refractivity (Wildman–Crippen MR) is 72.7 cm³/mol. The van der Waals surface area contributed by atoms with Gasteiger partial charge in [-0.1, -0.05) is 0 Å². The minimum Gasteiger partial charge on any atom is -0.493 e. The summed E-state index contributed by atoms with van der Waals surface area (Å²) in [5, 5.41) is 0.701. The molecule has 1 aromatic heterocycles. The molecule has 2 rings (SSSR count). The highest BCUT2D eigenvalue weighted by molar-refractivity contribution is 7.91. The summed E-state index contributed by atoms with van der Waals surface area (Å²) in [6.45, 7) is 3.55. The van der Waals surface area contributed by atoms with E-state index in [1.165, 1.54) is 0 Å². The molecule has 4 nitrogen and oxygen atoms in total. The zero-order valence-corrected chi connectivity index (χ0v) is 11.3. The topological polar surface area (TPSA) is 59.2 Å². The van der Waals surface area contributed by atoms with Crippen molar-refractivity contribution in [3.63, 3.8) is 0 Å². The van der Waals surface area contributed by atoms with Crippen molar-refractivity contribution in [2.24, 2.45) is 0 Å². The van der Waals surface area contributed by atoms with Gasteiger partial charge in [-0.2, -0.15) is 0 Å². The number of hydrogen-bond acceptors (Lipinski definition) is 3. The monoisotopic (exact) mass is 267 g/mol. The van der Waals surface area contributed by atoms with Gasteiger partial charge < -0.3 is 9.72 Å². The van der Waals surface area contributed by atoms with E-state index in [1.54, 1.807) is 13.8 Å². The van der Waals surface area contributed by atoms with Crippen molar-refractivity contribution < 1.29 is 13.2 Å². The largest absolute Gasteiger partial charge is 0.493 e. The van der Waals surface area contributed by atoms with Crippen LogP contribution in [0, 0.1) is 0 Å². The quantitative estimate of drug-likeness (QED) is 0.904. The normalized spacial score (nSPS) is 12.2. The number of H-pyrrole nitrogens is 1. The third kappa shape index (κ3) is 2.85. The molecule has 0 saturated carbocycles. The molecule has 2 aromatic rings. The summed E-state index contributed by atoms with van der Waals surface area (Å²) in [4.78, 5) is 3.09. The number of nitrogens with one attached hydrogen (secondary N) is 1. The number of fused-ring (bicyclic) bond motifs is 1. The molecule has 0 saturated heterocycles. The number of hydrogen-bond donors (Lipinski definition) is 1. The summed E-state index contributed by atoms with van der Waals surface area (Å²) in [6, 6.07) is 7.60. The molecule has 0 amide bonds. The number of rotatable bonds is 5. The molecule has 98 valence electrons. The first kappa shape index (κ1) is 13.0. The molecule has 0 radical (unpaired) electrons. The van der Waals surface area contributed by atoms with E-state index in [9.17, 15) is 8.42 Å². The van der Waals surface area contributed by atoms with E-state index >= 15 is 0 Å². The van der Waals surface area contributed by atoms with E-state index in [0.717, 1.165) is 10.9 Å². The second-order valence-corrected chi connectivity index (χ2v) is 7.17. The highest BCUT2D eigenvalue weighted by Crippen LogP contribution is 2.19. The van der Waals surface area contributed by atoms with Gasteiger partial charge in [-0.3, -0.25) is 0 Å². The van der Waals surface area contributed by atoms with E-state index in [0.29, 0.717) is 5.75 Å². The fourth-order valence-corrected chi connectivity index (χ4v) is 2.42. The van der Waals surface area contributed by atoms with Crippen molar-refractivity contribution in [3.05, 3.63) is 30.5 Å². The van der Waals surface area contributed by atoms with Gasteiger partial charge >= 0.3 is 0 Å². The molecule has 0 aliphatic heterocycles. The van der Waals surface area contributed by atoms with Crippen LogP contribution < -0.4 is 4.74 Å². The lowest BCUT2D eigenvalue weighted by Gasteiger charge is -2.09. The van der Waals surface area contributed by atoms with Crippen LogP contribution in [0.3, 0.4) is 0 Å². The number of benzene rings is 1. The number of ether oxygens (including phenoxy) is 1. The molecule has 0 unspecified atom stereocenters. The van der Waals surface area contributed by atoms with Crippen molar-refractivity contribution in [2.45, 2.75) is 19.1 Å². The molecule has 0 atom stereocenters. The van der Waals surface area contributed by atoms with Gasteiger partial charge in [-0.25, -0.2) is 8.42 Å². The summed E-state index contributed by atoms with van der Waals surface area (Å²) >= 11 is 0. The Morgan fingerprint density at radius 1 is 1.28 bits per heavy atom. The summed E-state index contributed by atoms with van der Waals surface area (Å²) in [5.41, 5.74) is 1.04. The van der Waals surface area contributed by atoms with Gasteiger partial charge in [-0.15, -0.1) is 0 Å². The highest BCUT2D eigenvalue weighted by Gasteiger charge is 2.15. The standard InChI is InChI=1S/C13H17NO3S/c1-10(2)18(15,16)8-7-17-12-3-4-13-11(9-12)5-6-14-13/h3-6,9-10,14H,7-8H2,1-2H3. The first-order valence-corrected chi connectivity index (χ1v) is 7.62. The van der Waals surface area contributed by atoms with E-state index < -0.39 is 9.84 Å².